The normalized spacial score (nSPS) is 21.5. The second kappa shape index (κ2) is 12.0. The third-order valence-corrected chi connectivity index (χ3v) is 9.58. The topological polar surface area (TPSA) is 99.2 Å². The number of hydrogen-bond acceptors (Lipinski definition) is 9. The van der Waals surface area contributed by atoms with E-state index in [1.807, 2.05) is 12.1 Å². The van der Waals surface area contributed by atoms with Crippen molar-refractivity contribution in [3.8, 4) is 0 Å². The molecule has 1 aromatic carbocycles. The summed E-state index contributed by atoms with van der Waals surface area (Å²) < 4.78 is 0. The molecule has 0 spiro atoms. The lowest BCUT2D eigenvalue weighted by molar-refractivity contribution is -0.125. The Morgan fingerprint density at radius 3 is 2.51 bits per heavy atom. The van der Waals surface area contributed by atoms with E-state index in [1.165, 1.54) is 28.9 Å². The van der Waals surface area contributed by atoms with Crippen LogP contribution < -0.4 is 15.5 Å². The molecule has 1 unspecified atom stereocenters. The van der Waals surface area contributed by atoms with Gasteiger partial charge in [0.05, 0.1) is 0 Å². The largest absolute Gasteiger partial charge is 0.355 e. The Labute approximate surface area is 234 Å². The highest BCUT2D eigenvalue weighted by Gasteiger charge is 2.40. The monoisotopic (exact) mass is 546 g/mol. The first-order valence-corrected chi connectivity index (χ1v) is 15.1. The molecule has 3 aliphatic rings. The van der Waals surface area contributed by atoms with Crippen molar-refractivity contribution in [2.45, 2.75) is 58.0 Å². The van der Waals surface area contributed by atoms with Crippen LogP contribution in [0.4, 0.5) is 16.1 Å². The van der Waals surface area contributed by atoms with Gasteiger partial charge in [0.2, 0.25) is 16.2 Å². The van der Waals surface area contributed by atoms with Gasteiger partial charge >= 0.3 is 0 Å². The Morgan fingerprint density at radius 2 is 1.77 bits per heavy atom. The summed E-state index contributed by atoms with van der Waals surface area (Å²) in [5, 5.41) is 24.8. The Balaban J connectivity index is 1.02. The van der Waals surface area contributed by atoms with E-state index in [-0.39, 0.29) is 17.9 Å². The van der Waals surface area contributed by atoms with Gasteiger partial charge in [-0.3, -0.25) is 9.69 Å². The number of aryl methyl sites for hydroxylation is 1. The van der Waals surface area contributed by atoms with Crippen molar-refractivity contribution in [2.75, 3.05) is 41.7 Å². The minimum Gasteiger partial charge on any atom is -0.355 e. The number of benzene rings is 1. The molecular weight excluding hydrogens is 508 g/mol. The molecule has 10 heteroatoms. The fourth-order valence-electron chi connectivity index (χ4n) is 6.35. The SMILES string of the molecule is Cc1ccccc1CN1CCC(C(C(=O)Nc2nnc(N[C@@H]3CCN(c4cccnn4)C3)s2)C2CCC2)CC1. The lowest BCUT2D eigenvalue weighted by atomic mass is 9.68. The number of carbonyl (C=O) groups is 1. The van der Waals surface area contributed by atoms with Gasteiger partial charge in [0, 0.05) is 37.8 Å². The van der Waals surface area contributed by atoms with Crippen LogP contribution in [0.2, 0.25) is 0 Å². The van der Waals surface area contributed by atoms with E-state index < -0.39 is 0 Å². The van der Waals surface area contributed by atoms with Gasteiger partial charge in [-0.1, -0.05) is 42.0 Å². The lowest BCUT2D eigenvalue weighted by Crippen LogP contribution is -2.43. The van der Waals surface area contributed by atoms with Crippen molar-refractivity contribution in [3.05, 3.63) is 53.7 Å². The molecule has 1 saturated carbocycles. The highest BCUT2D eigenvalue weighted by Crippen LogP contribution is 2.41. The first kappa shape index (κ1) is 26.1. The summed E-state index contributed by atoms with van der Waals surface area (Å²) in [6, 6.07) is 12.8. The summed E-state index contributed by atoms with van der Waals surface area (Å²) in [5.74, 6) is 2.02. The van der Waals surface area contributed by atoms with Crippen LogP contribution in [0.5, 0.6) is 0 Å². The molecule has 1 amide bonds. The van der Waals surface area contributed by atoms with E-state index in [1.54, 1.807) is 6.20 Å². The maximum atomic E-state index is 13.6. The average Bonchev–Trinajstić information content (AvgIpc) is 3.58. The van der Waals surface area contributed by atoms with E-state index in [0.717, 1.165) is 75.8 Å². The quantitative estimate of drug-likeness (QED) is 0.402. The molecule has 0 bridgehead atoms. The van der Waals surface area contributed by atoms with E-state index >= 15 is 0 Å². The van der Waals surface area contributed by atoms with Gasteiger partial charge in [-0.2, -0.15) is 5.10 Å². The highest BCUT2D eigenvalue weighted by molar-refractivity contribution is 7.19. The lowest BCUT2D eigenvalue weighted by Gasteiger charge is -2.41. The van der Waals surface area contributed by atoms with Crippen LogP contribution in [-0.2, 0) is 11.3 Å². The standard InChI is InChI=1S/C29H38N8OS/c1-20-6-2-3-7-23(20)18-36-15-11-22(12-16-36)26(21-8-4-9-21)27(38)32-29-35-34-28(39-29)31-24-13-17-37(19-24)25-10-5-14-30-33-25/h2-3,5-7,10,14,21-22,24,26H,4,8-9,11-13,15-19H2,1H3,(H,31,34)(H,32,35,38)/t24-,26?/m1/s1. The summed E-state index contributed by atoms with van der Waals surface area (Å²) in [6.45, 7) is 7.05. The summed E-state index contributed by atoms with van der Waals surface area (Å²) in [6.07, 6.45) is 8.39. The number of carbonyl (C=O) groups excluding carboxylic acids is 1. The number of nitrogens with zero attached hydrogens (tertiary/aromatic N) is 6. The Bertz CT molecular complexity index is 1240. The molecule has 2 N–H and O–H groups in total. The number of piperidine rings is 1. The van der Waals surface area contributed by atoms with E-state index in [9.17, 15) is 4.79 Å². The molecule has 6 rings (SSSR count). The molecule has 2 saturated heterocycles. The molecule has 2 aromatic heterocycles. The maximum absolute atomic E-state index is 13.6. The predicted octanol–water partition coefficient (Wildman–Crippen LogP) is 4.59. The number of anilines is 3. The van der Waals surface area contributed by atoms with Gasteiger partial charge in [0.1, 0.15) is 0 Å². The first-order valence-electron chi connectivity index (χ1n) is 14.3. The highest BCUT2D eigenvalue weighted by atomic mass is 32.1. The summed E-state index contributed by atoms with van der Waals surface area (Å²) in [7, 11) is 0. The number of nitrogens with one attached hydrogen (secondary N) is 2. The molecule has 1 aliphatic carbocycles. The zero-order valence-corrected chi connectivity index (χ0v) is 23.4. The minimum absolute atomic E-state index is 0.0649. The number of amides is 1. The summed E-state index contributed by atoms with van der Waals surface area (Å²) in [4.78, 5) is 18.4. The Morgan fingerprint density at radius 1 is 0.974 bits per heavy atom. The Hall–Kier alpha value is -3.11. The van der Waals surface area contributed by atoms with E-state index in [0.29, 0.717) is 17.0 Å². The second-order valence-corrected chi connectivity index (χ2v) is 12.3. The molecule has 4 heterocycles. The van der Waals surface area contributed by atoms with Gasteiger partial charge in [-0.25, -0.2) is 0 Å². The predicted molar refractivity (Wildman–Crippen MR) is 155 cm³/mol. The van der Waals surface area contributed by atoms with Crippen LogP contribution in [0.3, 0.4) is 0 Å². The van der Waals surface area contributed by atoms with Gasteiger partial charge in [-0.15, -0.1) is 15.3 Å². The number of aromatic nitrogens is 4. The smallest absolute Gasteiger partial charge is 0.229 e. The fraction of sp³-hybridized carbons (Fsp3) is 0.552. The molecule has 206 valence electrons. The minimum atomic E-state index is 0.0649. The van der Waals surface area contributed by atoms with Gasteiger partial charge in [0.25, 0.3) is 0 Å². The van der Waals surface area contributed by atoms with Gasteiger partial charge < -0.3 is 15.5 Å². The molecule has 2 atom stereocenters. The van der Waals surface area contributed by atoms with Gasteiger partial charge in [0.15, 0.2) is 5.82 Å². The summed E-state index contributed by atoms with van der Waals surface area (Å²) >= 11 is 1.43. The van der Waals surface area contributed by atoms with Crippen LogP contribution in [0.1, 0.15) is 49.7 Å². The molecule has 39 heavy (non-hydrogen) atoms. The number of hydrogen-bond donors (Lipinski definition) is 2. The third kappa shape index (κ3) is 6.22. The summed E-state index contributed by atoms with van der Waals surface area (Å²) in [5.41, 5.74) is 2.76. The van der Waals surface area contributed by atoms with Crippen LogP contribution in [0.25, 0.3) is 0 Å². The molecule has 0 radical (unpaired) electrons. The van der Waals surface area contributed by atoms with Crippen molar-refractivity contribution in [1.82, 2.24) is 25.3 Å². The second-order valence-electron chi connectivity index (χ2n) is 11.3. The Kier molecular flexibility index (Phi) is 8.01. The average molecular weight is 547 g/mol. The van der Waals surface area contributed by atoms with E-state index in [2.05, 4.69) is 72.0 Å². The fourth-order valence-corrected chi connectivity index (χ4v) is 7.08. The molecule has 9 nitrogen and oxygen atoms in total. The molecule has 2 aliphatic heterocycles. The van der Waals surface area contributed by atoms with Crippen LogP contribution in [0.15, 0.2) is 42.6 Å². The molecular formula is C29H38N8OS. The van der Waals surface area contributed by atoms with Gasteiger partial charge in [-0.05, 0) is 87.2 Å². The maximum Gasteiger partial charge on any atom is 0.229 e. The van der Waals surface area contributed by atoms with Crippen LogP contribution in [-0.4, -0.2) is 63.4 Å². The third-order valence-electron chi connectivity index (χ3n) is 8.81. The zero-order chi connectivity index (χ0) is 26.6. The van der Waals surface area contributed by atoms with Crippen molar-refractivity contribution in [3.63, 3.8) is 0 Å². The van der Waals surface area contributed by atoms with Crippen LogP contribution >= 0.6 is 11.3 Å². The molecule has 3 fully saturated rings. The first-order chi connectivity index (χ1) is 19.1. The molecule has 3 aromatic rings. The van der Waals surface area contributed by atoms with Crippen molar-refractivity contribution < 1.29 is 4.79 Å². The van der Waals surface area contributed by atoms with Crippen molar-refractivity contribution in [2.24, 2.45) is 17.8 Å². The van der Waals surface area contributed by atoms with Crippen molar-refractivity contribution in [1.29, 1.82) is 0 Å². The van der Waals surface area contributed by atoms with Crippen molar-refractivity contribution >= 4 is 33.3 Å². The van der Waals surface area contributed by atoms with E-state index in [4.69, 9.17) is 0 Å². The van der Waals surface area contributed by atoms with Crippen LogP contribution in [0, 0.1) is 24.7 Å². The number of rotatable bonds is 9. The number of likely N-dealkylation sites (tertiary alicyclic amines) is 1. The zero-order valence-electron chi connectivity index (χ0n) is 22.6.